The Balaban J connectivity index is 0. The molecule has 0 aromatic carbocycles. The van der Waals surface area contributed by atoms with E-state index in [1.807, 2.05) is 0 Å². The second-order valence-electron chi connectivity index (χ2n) is 2.55. The topological polar surface area (TPSA) is 106 Å². The predicted molar refractivity (Wildman–Crippen MR) is 58.4 cm³/mol. The Kier molecular flexibility index (Phi) is 14.3. The molecule has 0 saturated carbocycles. The minimum absolute atomic E-state index is 0.451. The summed E-state index contributed by atoms with van der Waals surface area (Å²) in [4.78, 5) is 19.3. The van der Waals surface area contributed by atoms with Gasteiger partial charge in [0.25, 0.3) is 0 Å². The summed E-state index contributed by atoms with van der Waals surface area (Å²) in [6.45, 7) is 0.604. The van der Waals surface area contributed by atoms with Crippen LogP contribution < -0.4 is 11.5 Å². The summed E-state index contributed by atoms with van der Waals surface area (Å²) in [5.41, 5.74) is 10.4. The van der Waals surface area contributed by atoms with E-state index in [0.29, 0.717) is 18.3 Å². The van der Waals surface area contributed by atoms with Crippen LogP contribution in [0.4, 0.5) is 0 Å². The first-order chi connectivity index (χ1) is 6.59. The number of halogens is 1. The smallest absolute Gasteiger partial charge is 0.320 e. The van der Waals surface area contributed by atoms with Crippen molar-refractivity contribution < 1.29 is 14.7 Å². The Bertz CT molecular complexity index is 156. The summed E-state index contributed by atoms with van der Waals surface area (Å²) in [6, 6.07) is -0.716. The van der Waals surface area contributed by atoms with E-state index in [4.69, 9.17) is 21.4 Å². The third-order valence-corrected chi connectivity index (χ3v) is 1.61. The molecule has 0 amide bonds. The van der Waals surface area contributed by atoms with Gasteiger partial charge in [0.05, 0.1) is 5.33 Å². The van der Waals surface area contributed by atoms with Gasteiger partial charge < -0.3 is 21.4 Å². The molecule has 0 fully saturated rings. The second-order valence-corrected chi connectivity index (χ2v) is 3.20. The van der Waals surface area contributed by atoms with E-state index in [0.717, 1.165) is 19.1 Å². The number of alkyl halides is 1. The molecule has 5 nitrogen and oxygen atoms in total. The lowest BCUT2D eigenvalue weighted by atomic mass is 10.1. The minimum atomic E-state index is -0.933. The Labute approximate surface area is 92.0 Å². The zero-order valence-electron chi connectivity index (χ0n) is 7.99. The van der Waals surface area contributed by atoms with E-state index in [-0.39, 0.29) is 0 Å². The van der Waals surface area contributed by atoms with Crippen LogP contribution in [0.5, 0.6) is 0 Å². The van der Waals surface area contributed by atoms with Crippen LogP contribution in [0.2, 0.25) is 0 Å². The van der Waals surface area contributed by atoms with Crippen molar-refractivity contribution in [1.29, 1.82) is 0 Å². The zero-order valence-corrected chi connectivity index (χ0v) is 9.57. The quantitative estimate of drug-likeness (QED) is 0.360. The van der Waals surface area contributed by atoms with Crippen molar-refractivity contribution in [2.75, 3.05) is 11.9 Å². The van der Waals surface area contributed by atoms with Crippen molar-refractivity contribution in [3.63, 3.8) is 0 Å². The first-order valence-electron chi connectivity index (χ1n) is 4.28. The van der Waals surface area contributed by atoms with E-state index in [1.54, 1.807) is 0 Å². The molecular formula is C8H17BrN2O3. The number of nitrogens with two attached hydrogens (primary N) is 2. The number of aldehydes is 1. The maximum Gasteiger partial charge on any atom is 0.320 e. The Hall–Kier alpha value is -0.460. The number of rotatable bonds is 6. The molecule has 5 N–H and O–H groups in total. The highest BCUT2D eigenvalue weighted by Gasteiger charge is 2.09. The largest absolute Gasteiger partial charge is 0.480 e. The lowest BCUT2D eigenvalue weighted by Gasteiger charge is -2.03. The van der Waals surface area contributed by atoms with E-state index < -0.39 is 12.0 Å². The van der Waals surface area contributed by atoms with Gasteiger partial charge >= 0.3 is 5.97 Å². The van der Waals surface area contributed by atoms with Gasteiger partial charge in [-0.05, 0) is 19.4 Å². The molecule has 1 unspecified atom stereocenters. The molecule has 6 heteroatoms. The average molecular weight is 269 g/mol. The van der Waals surface area contributed by atoms with Gasteiger partial charge in [-0.15, -0.1) is 0 Å². The van der Waals surface area contributed by atoms with Crippen LogP contribution in [-0.4, -0.2) is 35.3 Å². The van der Waals surface area contributed by atoms with Crippen LogP contribution in [0, 0.1) is 0 Å². The van der Waals surface area contributed by atoms with E-state index in [1.165, 1.54) is 0 Å². The van der Waals surface area contributed by atoms with Crippen LogP contribution in [0.1, 0.15) is 19.3 Å². The van der Waals surface area contributed by atoms with E-state index in [9.17, 15) is 4.79 Å². The Morgan fingerprint density at radius 2 is 2.00 bits per heavy atom. The summed E-state index contributed by atoms with van der Waals surface area (Å²) in [5, 5.41) is 8.78. The fraction of sp³-hybridized carbons (Fsp3) is 0.750. The third-order valence-electron chi connectivity index (χ3n) is 1.35. The molecular weight excluding hydrogens is 252 g/mol. The van der Waals surface area contributed by atoms with Gasteiger partial charge in [0.15, 0.2) is 0 Å². The van der Waals surface area contributed by atoms with E-state index >= 15 is 0 Å². The molecule has 0 rings (SSSR count). The van der Waals surface area contributed by atoms with Gasteiger partial charge in [-0.1, -0.05) is 22.4 Å². The molecule has 1 atom stereocenters. The lowest BCUT2D eigenvalue weighted by Crippen LogP contribution is -2.29. The fourth-order valence-corrected chi connectivity index (χ4v) is 0.632. The summed E-state index contributed by atoms with van der Waals surface area (Å²) in [5.74, 6) is -0.933. The zero-order chi connectivity index (χ0) is 11.4. The average Bonchev–Trinajstić information content (AvgIpc) is 2.18. The number of hydrogen-bond donors (Lipinski definition) is 3. The molecule has 0 spiro atoms. The molecule has 0 radical (unpaired) electrons. The summed E-state index contributed by atoms with van der Waals surface area (Å²) in [6.07, 6.45) is 2.96. The van der Waals surface area contributed by atoms with Gasteiger partial charge in [0.1, 0.15) is 12.3 Å². The van der Waals surface area contributed by atoms with Crippen molar-refractivity contribution in [3.8, 4) is 0 Å². The standard InChI is InChI=1S/C6H14N2O2.C2H3BrO/c7-4-2-1-3-5(8)6(9)10;3-1-2-4/h5H,1-4,7-8H2,(H,9,10);2H,1H2. The number of unbranched alkanes of at least 4 members (excludes halogenated alkanes) is 1. The van der Waals surface area contributed by atoms with Crippen LogP contribution >= 0.6 is 15.9 Å². The summed E-state index contributed by atoms with van der Waals surface area (Å²) >= 11 is 2.88. The molecule has 0 aromatic heterocycles. The highest BCUT2D eigenvalue weighted by Crippen LogP contribution is 1.96. The number of carbonyl (C=O) groups is 2. The minimum Gasteiger partial charge on any atom is -0.480 e. The fourth-order valence-electron chi connectivity index (χ4n) is 0.632. The van der Waals surface area contributed by atoms with Crippen LogP contribution in [0.3, 0.4) is 0 Å². The monoisotopic (exact) mass is 268 g/mol. The third kappa shape index (κ3) is 14.1. The number of carboxylic acid groups (broad SMARTS) is 1. The number of hydrogen-bond acceptors (Lipinski definition) is 4. The predicted octanol–water partition coefficient (Wildman–Crippen LogP) is 0.108. The molecule has 14 heavy (non-hydrogen) atoms. The van der Waals surface area contributed by atoms with Gasteiger partial charge in [-0.25, -0.2) is 0 Å². The Morgan fingerprint density at radius 3 is 2.29 bits per heavy atom. The molecule has 0 aliphatic rings. The first-order valence-corrected chi connectivity index (χ1v) is 5.40. The van der Waals surface area contributed by atoms with Gasteiger partial charge in [0, 0.05) is 0 Å². The molecule has 0 aliphatic carbocycles. The highest BCUT2D eigenvalue weighted by molar-refractivity contribution is 9.09. The molecule has 0 heterocycles. The maximum absolute atomic E-state index is 10.1. The SMILES string of the molecule is NCCCCC(N)C(=O)O.O=CCBr. The number of aliphatic carboxylic acids is 1. The highest BCUT2D eigenvalue weighted by atomic mass is 79.9. The van der Waals surface area contributed by atoms with Gasteiger partial charge in [0.2, 0.25) is 0 Å². The first kappa shape index (κ1) is 16.0. The molecule has 0 aromatic rings. The summed E-state index contributed by atoms with van der Waals surface area (Å²) < 4.78 is 0. The molecule has 84 valence electrons. The van der Waals surface area contributed by atoms with Crippen LogP contribution in [-0.2, 0) is 9.59 Å². The van der Waals surface area contributed by atoms with Crippen LogP contribution in [0.15, 0.2) is 0 Å². The second kappa shape index (κ2) is 12.5. The van der Waals surface area contributed by atoms with Crippen molar-refractivity contribution in [1.82, 2.24) is 0 Å². The van der Waals surface area contributed by atoms with Crippen molar-refractivity contribution >= 4 is 28.2 Å². The van der Waals surface area contributed by atoms with Crippen molar-refractivity contribution in [2.24, 2.45) is 11.5 Å². The molecule has 0 aliphatic heterocycles. The lowest BCUT2D eigenvalue weighted by molar-refractivity contribution is -0.138. The number of carboxylic acids is 1. The maximum atomic E-state index is 10.1. The summed E-state index contributed by atoms with van der Waals surface area (Å²) in [7, 11) is 0. The molecule has 0 bridgehead atoms. The Morgan fingerprint density at radius 1 is 1.50 bits per heavy atom. The van der Waals surface area contributed by atoms with Crippen molar-refractivity contribution in [3.05, 3.63) is 0 Å². The normalized spacial score (nSPS) is 11.1. The van der Waals surface area contributed by atoms with Crippen molar-refractivity contribution in [2.45, 2.75) is 25.3 Å². The van der Waals surface area contributed by atoms with E-state index in [2.05, 4.69) is 15.9 Å². The van der Waals surface area contributed by atoms with Crippen LogP contribution in [0.25, 0.3) is 0 Å². The van der Waals surface area contributed by atoms with Gasteiger partial charge in [-0.3, -0.25) is 4.79 Å². The number of carbonyl (C=O) groups excluding carboxylic acids is 1. The molecule has 0 saturated heterocycles. The van der Waals surface area contributed by atoms with Gasteiger partial charge in [-0.2, -0.15) is 0 Å².